The van der Waals surface area contributed by atoms with Crippen LogP contribution in [-0.2, 0) is 16.1 Å². The third-order valence-electron chi connectivity index (χ3n) is 4.28. The van der Waals surface area contributed by atoms with Crippen LogP contribution in [-0.4, -0.2) is 29.7 Å². The molecule has 0 spiro atoms. The quantitative estimate of drug-likeness (QED) is 0.546. The van der Waals surface area contributed by atoms with Gasteiger partial charge in [0.15, 0.2) is 5.69 Å². The van der Waals surface area contributed by atoms with Gasteiger partial charge in [0.25, 0.3) is 0 Å². The van der Waals surface area contributed by atoms with Gasteiger partial charge in [0, 0.05) is 18.7 Å². The molecule has 2 aromatic heterocycles. The summed E-state index contributed by atoms with van der Waals surface area (Å²) in [7, 11) is 2.87. The van der Waals surface area contributed by atoms with Gasteiger partial charge in [-0.15, -0.1) is 0 Å². The predicted octanol–water partition coefficient (Wildman–Crippen LogP) is 3.37. The van der Waals surface area contributed by atoms with E-state index in [0.29, 0.717) is 23.0 Å². The number of fused-ring (bicyclic) bond motifs is 1. The van der Waals surface area contributed by atoms with Crippen LogP contribution >= 0.6 is 11.6 Å². The molecule has 3 aromatic rings. The lowest BCUT2D eigenvalue weighted by Crippen LogP contribution is -2.12. The molecule has 0 atom stereocenters. The Morgan fingerprint density at radius 2 is 2.11 bits per heavy atom. The minimum Gasteiger partial charge on any atom is -0.464 e. The smallest absolute Gasteiger partial charge is 0.357 e. The van der Waals surface area contributed by atoms with Crippen molar-refractivity contribution in [2.45, 2.75) is 13.5 Å². The lowest BCUT2D eigenvalue weighted by molar-refractivity contribution is 0.0593. The first-order valence-electron chi connectivity index (χ1n) is 7.99. The SMILES string of the molecule is COCc1cc(Cl)nc2cc(-n3cc(C#N)c(N)c3C(=O)OC)c(C)cc12. The van der Waals surface area contributed by atoms with Crippen LogP contribution in [0.4, 0.5) is 5.69 Å². The monoisotopic (exact) mass is 384 g/mol. The molecule has 27 heavy (non-hydrogen) atoms. The van der Waals surface area contributed by atoms with Gasteiger partial charge in [-0.1, -0.05) is 11.6 Å². The summed E-state index contributed by atoms with van der Waals surface area (Å²) in [5, 5.41) is 10.5. The number of anilines is 1. The lowest BCUT2D eigenvalue weighted by Gasteiger charge is -2.14. The third-order valence-corrected chi connectivity index (χ3v) is 4.48. The molecule has 0 aliphatic rings. The summed E-state index contributed by atoms with van der Waals surface area (Å²) in [6.07, 6.45) is 1.51. The van der Waals surface area contributed by atoms with Gasteiger partial charge in [-0.3, -0.25) is 0 Å². The van der Waals surface area contributed by atoms with E-state index < -0.39 is 5.97 Å². The Kier molecular flexibility index (Phi) is 5.04. The van der Waals surface area contributed by atoms with Crippen molar-refractivity contribution in [1.82, 2.24) is 9.55 Å². The fourth-order valence-corrected chi connectivity index (χ4v) is 3.27. The molecule has 0 saturated heterocycles. The number of rotatable bonds is 4. The van der Waals surface area contributed by atoms with Crippen molar-refractivity contribution in [2.24, 2.45) is 0 Å². The third kappa shape index (κ3) is 3.21. The van der Waals surface area contributed by atoms with E-state index in [2.05, 4.69) is 4.98 Å². The van der Waals surface area contributed by atoms with Crippen LogP contribution in [0, 0.1) is 18.3 Å². The normalized spacial score (nSPS) is 10.8. The first kappa shape index (κ1) is 18.7. The Morgan fingerprint density at radius 1 is 1.37 bits per heavy atom. The Labute approximate surface area is 160 Å². The molecule has 0 saturated carbocycles. The first-order chi connectivity index (χ1) is 12.9. The summed E-state index contributed by atoms with van der Waals surface area (Å²) >= 11 is 6.14. The Balaban J connectivity index is 2.32. The number of aromatic nitrogens is 2. The van der Waals surface area contributed by atoms with E-state index in [9.17, 15) is 10.1 Å². The largest absolute Gasteiger partial charge is 0.464 e. The van der Waals surface area contributed by atoms with Gasteiger partial charge in [0.2, 0.25) is 0 Å². The first-order valence-corrected chi connectivity index (χ1v) is 8.37. The molecule has 7 nitrogen and oxygen atoms in total. The minimum absolute atomic E-state index is 0.0722. The summed E-state index contributed by atoms with van der Waals surface area (Å²) in [5.41, 5.74) is 9.38. The molecule has 138 valence electrons. The molecule has 0 amide bonds. The fraction of sp³-hybridized carbons (Fsp3) is 0.211. The number of carbonyl (C=O) groups excluding carboxylic acids is 1. The number of nitrogen functional groups attached to an aromatic ring is 1. The Hall–Kier alpha value is -3.08. The van der Waals surface area contributed by atoms with Crippen molar-refractivity contribution in [1.29, 1.82) is 5.26 Å². The van der Waals surface area contributed by atoms with E-state index in [1.807, 2.05) is 19.1 Å². The molecular weight excluding hydrogens is 368 g/mol. The van der Waals surface area contributed by atoms with Crippen LogP contribution in [0.1, 0.15) is 27.2 Å². The topological polar surface area (TPSA) is 103 Å². The second kappa shape index (κ2) is 7.27. The number of aryl methyl sites for hydroxylation is 1. The Morgan fingerprint density at radius 3 is 2.74 bits per heavy atom. The number of nitriles is 1. The molecule has 0 aliphatic carbocycles. The number of nitrogens with zero attached hydrogens (tertiary/aromatic N) is 3. The van der Waals surface area contributed by atoms with Gasteiger partial charge in [0.1, 0.15) is 11.2 Å². The summed E-state index contributed by atoms with van der Waals surface area (Å²) < 4.78 is 11.6. The minimum atomic E-state index is -0.632. The van der Waals surface area contributed by atoms with Gasteiger partial charge in [0.05, 0.1) is 36.2 Å². The number of methoxy groups -OCH3 is 2. The molecule has 2 heterocycles. The highest BCUT2D eigenvalue weighted by molar-refractivity contribution is 6.30. The average Bonchev–Trinajstić information content (AvgIpc) is 2.97. The molecule has 0 aliphatic heterocycles. The number of ether oxygens (including phenoxy) is 2. The summed E-state index contributed by atoms with van der Waals surface area (Å²) in [6.45, 7) is 2.28. The fourth-order valence-electron chi connectivity index (χ4n) is 3.04. The summed E-state index contributed by atoms with van der Waals surface area (Å²) in [4.78, 5) is 16.6. The second-order valence-corrected chi connectivity index (χ2v) is 6.36. The molecule has 1 aromatic carbocycles. The number of benzene rings is 1. The van der Waals surface area contributed by atoms with E-state index in [1.54, 1.807) is 23.8 Å². The Bertz CT molecular complexity index is 1100. The maximum atomic E-state index is 12.2. The van der Waals surface area contributed by atoms with Gasteiger partial charge in [-0.2, -0.15) is 5.26 Å². The average molecular weight is 385 g/mol. The number of nitrogens with two attached hydrogens (primary N) is 1. The maximum absolute atomic E-state index is 12.2. The van der Waals surface area contributed by atoms with Crippen LogP contribution in [0.15, 0.2) is 24.4 Å². The standard InChI is InChI=1S/C19H17ClN4O3/c1-10-4-13-11(9-26-2)5-16(20)23-14(13)6-15(10)24-8-12(7-21)17(22)18(24)19(25)27-3/h4-6,8H,9,22H2,1-3H3. The van der Waals surface area contributed by atoms with Crippen molar-refractivity contribution in [2.75, 3.05) is 20.0 Å². The molecule has 8 heteroatoms. The van der Waals surface area contributed by atoms with Gasteiger partial charge in [-0.25, -0.2) is 9.78 Å². The molecular formula is C19H17ClN4O3. The summed E-state index contributed by atoms with van der Waals surface area (Å²) in [6, 6.07) is 7.48. The van der Waals surface area contributed by atoms with Crippen molar-refractivity contribution < 1.29 is 14.3 Å². The van der Waals surface area contributed by atoms with E-state index in [0.717, 1.165) is 16.5 Å². The van der Waals surface area contributed by atoms with E-state index in [1.165, 1.54) is 13.3 Å². The van der Waals surface area contributed by atoms with Crippen LogP contribution in [0.5, 0.6) is 0 Å². The van der Waals surface area contributed by atoms with E-state index in [-0.39, 0.29) is 16.9 Å². The van der Waals surface area contributed by atoms with Crippen LogP contribution in [0.25, 0.3) is 16.6 Å². The van der Waals surface area contributed by atoms with Gasteiger partial charge in [-0.05, 0) is 36.2 Å². The van der Waals surface area contributed by atoms with Crippen LogP contribution < -0.4 is 5.73 Å². The number of pyridine rings is 1. The van der Waals surface area contributed by atoms with Crippen molar-refractivity contribution in [3.8, 4) is 11.8 Å². The van der Waals surface area contributed by atoms with Crippen molar-refractivity contribution in [3.63, 3.8) is 0 Å². The van der Waals surface area contributed by atoms with E-state index in [4.69, 9.17) is 26.8 Å². The number of esters is 1. The van der Waals surface area contributed by atoms with Crippen LogP contribution in [0.3, 0.4) is 0 Å². The number of carbonyl (C=O) groups is 1. The number of halogens is 1. The highest BCUT2D eigenvalue weighted by atomic mass is 35.5. The second-order valence-electron chi connectivity index (χ2n) is 5.97. The number of hydrogen-bond donors (Lipinski definition) is 1. The highest BCUT2D eigenvalue weighted by Crippen LogP contribution is 2.30. The molecule has 0 bridgehead atoms. The zero-order valence-electron chi connectivity index (χ0n) is 15.0. The highest BCUT2D eigenvalue weighted by Gasteiger charge is 2.23. The van der Waals surface area contributed by atoms with Crippen molar-refractivity contribution >= 4 is 34.2 Å². The molecule has 0 radical (unpaired) electrons. The molecule has 2 N–H and O–H groups in total. The summed E-state index contributed by atoms with van der Waals surface area (Å²) in [5.74, 6) is -0.632. The predicted molar refractivity (Wildman–Crippen MR) is 102 cm³/mol. The maximum Gasteiger partial charge on any atom is 0.357 e. The molecule has 0 fully saturated rings. The number of hydrogen-bond acceptors (Lipinski definition) is 6. The molecule has 0 unspecified atom stereocenters. The van der Waals surface area contributed by atoms with Crippen LogP contribution in [0.2, 0.25) is 5.15 Å². The van der Waals surface area contributed by atoms with Crippen molar-refractivity contribution in [3.05, 3.63) is 51.9 Å². The van der Waals surface area contributed by atoms with Gasteiger partial charge >= 0.3 is 5.97 Å². The lowest BCUT2D eigenvalue weighted by atomic mass is 10.0. The van der Waals surface area contributed by atoms with E-state index >= 15 is 0 Å². The molecule has 3 rings (SSSR count). The zero-order valence-corrected chi connectivity index (χ0v) is 15.8. The van der Waals surface area contributed by atoms with Gasteiger partial charge < -0.3 is 19.8 Å². The zero-order chi connectivity index (χ0) is 19.7.